The highest BCUT2D eigenvalue weighted by molar-refractivity contribution is 5.97. The summed E-state index contributed by atoms with van der Waals surface area (Å²) in [5.74, 6) is 0.148. The van der Waals surface area contributed by atoms with Crippen LogP contribution in [0.15, 0.2) is 22.8 Å². The van der Waals surface area contributed by atoms with E-state index in [2.05, 4.69) is 46.0 Å². The Kier molecular flexibility index (Phi) is 4.54. The third-order valence-corrected chi connectivity index (χ3v) is 7.65. The lowest BCUT2D eigenvalue weighted by Crippen LogP contribution is -2.79. The summed E-state index contributed by atoms with van der Waals surface area (Å²) in [6.07, 6.45) is 11.7. The number of allylic oxidation sites excluding steroid dienone is 4. The van der Waals surface area contributed by atoms with E-state index in [0.717, 1.165) is 54.9 Å². The average molecular weight is 408 g/mol. The molecular formula is C24H33N5O. The van der Waals surface area contributed by atoms with Gasteiger partial charge >= 0.3 is 0 Å². The second-order valence-electron chi connectivity index (χ2n) is 9.59. The Morgan fingerprint density at radius 3 is 2.70 bits per heavy atom. The summed E-state index contributed by atoms with van der Waals surface area (Å²) >= 11 is 0. The summed E-state index contributed by atoms with van der Waals surface area (Å²) in [4.78, 5) is 23.0. The number of fused-ring (bicyclic) bond motifs is 2. The molecule has 6 nitrogen and oxygen atoms in total. The van der Waals surface area contributed by atoms with Gasteiger partial charge in [0.15, 0.2) is 0 Å². The number of amides is 1. The lowest BCUT2D eigenvalue weighted by atomic mass is 9.61. The van der Waals surface area contributed by atoms with Crippen molar-refractivity contribution in [2.45, 2.75) is 71.4 Å². The molecule has 5 aliphatic rings. The summed E-state index contributed by atoms with van der Waals surface area (Å²) in [6, 6.07) is 0.392. The summed E-state index contributed by atoms with van der Waals surface area (Å²) in [7, 11) is 0. The van der Waals surface area contributed by atoms with E-state index < -0.39 is 0 Å². The standard InChI is InChI=1S/C22H27N5O.C2H6/c1-21(2)7-5-14-16(23-13-21)4-3-15-18(14)24-25-19(15)20(28)27-12-11-26-10-9-22(26)8-6-17(22)27;1-2/h5,7,13,17H,3-4,6,8-12H2,1-2H3,(H,24,25);1-2H3. The number of hydrogen-bond donors (Lipinski definition) is 1. The first-order valence-corrected chi connectivity index (χ1v) is 11.6. The van der Waals surface area contributed by atoms with E-state index in [0.29, 0.717) is 17.3 Å². The number of aromatic amines is 1. The van der Waals surface area contributed by atoms with Crippen LogP contribution in [0.5, 0.6) is 0 Å². The molecule has 3 aliphatic heterocycles. The van der Waals surface area contributed by atoms with Gasteiger partial charge in [-0.3, -0.25) is 19.8 Å². The minimum Gasteiger partial charge on any atom is -0.331 e. The van der Waals surface area contributed by atoms with Crippen LogP contribution in [0.25, 0.3) is 5.57 Å². The molecule has 160 valence electrons. The van der Waals surface area contributed by atoms with Gasteiger partial charge in [-0.15, -0.1) is 0 Å². The van der Waals surface area contributed by atoms with Crippen LogP contribution in [0.4, 0.5) is 0 Å². The van der Waals surface area contributed by atoms with Crippen molar-refractivity contribution in [1.82, 2.24) is 20.0 Å². The summed E-state index contributed by atoms with van der Waals surface area (Å²) in [5, 5.41) is 7.70. The molecule has 1 aromatic heterocycles. The number of hydrogen-bond acceptors (Lipinski definition) is 4. The molecule has 1 saturated carbocycles. The molecule has 3 fully saturated rings. The Labute approximate surface area is 179 Å². The van der Waals surface area contributed by atoms with Gasteiger partial charge in [0, 0.05) is 53.6 Å². The summed E-state index contributed by atoms with van der Waals surface area (Å²) < 4.78 is 0. The van der Waals surface area contributed by atoms with Gasteiger partial charge in [-0.1, -0.05) is 39.8 Å². The molecule has 30 heavy (non-hydrogen) atoms. The van der Waals surface area contributed by atoms with E-state index in [1.807, 2.05) is 20.1 Å². The van der Waals surface area contributed by atoms with E-state index in [1.54, 1.807) is 0 Å². The van der Waals surface area contributed by atoms with Crippen molar-refractivity contribution in [3.05, 3.63) is 34.8 Å². The molecule has 0 aromatic carbocycles. The Hall–Kier alpha value is -2.21. The van der Waals surface area contributed by atoms with Crippen LogP contribution in [0.3, 0.4) is 0 Å². The number of rotatable bonds is 1. The van der Waals surface area contributed by atoms with E-state index in [-0.39, 0.29) is 11.3 Å². The number of piperazine rings is 1. The van der Waals surface area contributed by atoms with Gasteiger partial charge in [-0.2, -0.15) is 5.10 Å². The van der Waals surface area contributed by atoms with Crippen molar-refractivity contribution in [2.75, 3.05) is 19.6 Å². The normalized spacial score (nSPS) is 30.5. The molecule has 0 radical (unpaired) electrons. The van der Waals surface area contributed by atoms with Gasteiger partial charge in [0.25, 0.3) is 5.91 Å². The van der Waals surface area contributed by atoms with Crippen LogP contribution in [-0.4, -0.2) is 63.3 Å². The maximum atomic E-state index is 13.5. The minimum atomic E-state index is -0.0621. The molecule has 1 aromatic rings. The van der Waals surface area contributed by atoms with Crippen molar-refractivity contribution in [3.63, 3.8) is 0 Å². The number of nitrogens with zero attached hydrogens (tertiary/aromatic N) is 4. The van der Waals surface area contributed by atoms with Crippen LogP contribution in [-0.2, 0) is 6.42 Å². The maximum Gasteiger partial charge on any atom is 0.272 e. The molecule has 1 amide bonds. The quantitative estimate of drug-likeness (QED) is 0.770. The fraction of sp³-hybridized carbons (Fsp3) is 0.625. The van der Waals surface area contributed by atoms with Crippen LogP contribution in [0.2, 0.25) is 0 Å². The Bertz CT molecular complexity index is 964. The smallest absolute Gasteiger partial charge is 0.272 e. The zero-order valence-corrected chi connectivity index (χ0v) is 18.7. The van der Waals surface area contributed by atoms with Gasteiger partial charge in [-0.25, -0.2) is 0 Å². The number of carbonyl (C=O) groups excluding carboxylic acids is 1. The molecule has 6 heteroatoms. The molecule has 2 unspecified atom stereocenters. The molecule has 4 heterocycles. The number of nitrogens with one attached hydrogen (secondary N) is 1. The second kappa shape index (κ2) is 6.91. The number of carbonyl (C=O) groups is 1. The fourth-order valence-corrected chi connectivity index (χ4v) is 5.79. The molecule has 2 aliphatic carbocycles. The topological polar surface area (TPSA) is 64.6 Å². The van der Waals surface area contributed by atoms with Gasteiger partial charge in [0.05, 0.1) is 11.7 Å². The van der Waals surface area contributed by atoms with Gasteiger partial charge in [-0.05, 0) is 32.1 Å². The predicted molar refractivity (Wildman–Crippen MR) is 120 cm³/mol. The van der Waals surface area contributed by atoms with Crippen LogP contribution >= 0.6 is 0 Å². The first-order valence-electron chi connectivity index (χ1n) is 11.6. The summed E-state index contributed by atoms with van der Waals surface area (Å²) in [6.45, 7) is 11.4. The average Bonchev–Trinajstić information content (AvgIpc) is 3.06. The van der Waals surface area contributed by atoms with Crippen molar-refractivity contribution in [1.29, 1.82) is 0 Å². The van der Waals surface area contributed by atoms with Gasteiger partial charge < -0.3 is 4.90 Å². The van der Waals surface area contributed by atoms with Crippen molar-refractivity contribution in [3.8, 4) is 0 Å². The first-order chi connectivity index (χ1) is 14.5. The van der Waals surface area contributed by atoms with Gasteiger partial charge in [0.1, 0.15) is 5.69 Å². The molecule has 2 saturated heterocycles. The van der Waals surface area contributed by atoms with Crippen molar-refractivity contribution >= 4 is 17.7 Å². The first kappa shape index (κ1) is 19.7. The number of H-pyrrole nitrogens is 1. The van der Waals surface area contributed by atoms with E-state index >= 15 is 0 Å². The largest absolute Gasteiger partial charge is 0.331 e. The fourth-order valence-electron chi connectivity index (χ4n) is 5.79. The van der Waals surface area contributed by atoms with Crippen LogP contribution in [0, 0.1) is 5.41 Å². The maximum absolute atomic E-state index is 13.5. The Balaban J connectivity index is 0.000000937. The van der Waals surface area contributed by atoms with E-state index in [4.69, 9.17) is 4.99 Å². The SMILES string of the molecule is CC.CC1(C)C=CC2=C(CCc3c2n[nH]c3C(=O)N2CCN3CCC34CCC24)N=C1. The highest BCUT2D eigenvalue weighted by atomic mass is 16.2. The molecule has 6 rings (SSSR count). The Morgan fingerprint density at radius 2 is 2.00 bits per heavy atom. The Morgan fingerprint density at radius 1 is 1.17 bits per heavy atom. The predicted octanol–water partition coefficient (Wildman–Crippen LogP) is 3.82. The zero-order valence-electron chi connectivity index (χ0n) is 18.7. The molecule has 1 N–H and O–H groups in total. The number of aromatic nitrogens is 2. The zero-order chi connectivity index (χ0) is 21.1. The second-order valence-corrected chi connectivity index (χ2v) is 9.59. The van der Waals surface area contributed by atoms with E-state index in [1.165, 1.54) is 19.4 Å². The highest BCUT2D eigenvalue weighted by Gasteiger charge is 2.61. The third-order valence-electron chi connectivity index (χ3n) is 7.65. The molecule has 1 spiro atoms. The van der Waals surface area contributed by atoms with Crippen LogP contribution < -0.4 is 0 Å². The van der Waals surface area contributed by atoms with E-state index in [9.17, 15) is 4.79 Å². The molecule has 0 bridgehead atoms. The third kappa shape index (κ3) is 2.69. The lowest BCUT2D eigenvalue weighted by molar-refractivity contribution is -0.161. The highest BCUT2D eigenvalue weighted by Crippen LogP contribution is 2.52. The minimum absolute atomic E-state index is 0.0621. The number of aliphatic imine (C=N–C) groups is 1. The van der Waals surface area contributed by atoms with Crippen LogP contribution in [0.1, 0.15) is 75.1 Å². The monoisotopic (exact) mass is 407 g/mol. The summed E-state index contributed by atoms with van der Waals surface area (Å²) in [5.41, 5.74) is 5.09. The lowest BCUT2D eigenvalue weighted by Gasteiger charge is -2.68. The van der Waals surface area contributed by atoms with Crippen molar-refractivity contribution < 1.29 is 4.79 Å². The van der Waals surface area contributed by atoms with Gasteiger partial charge in [0.2, 0.25) is 0 Å². The molecule has 2 atom stereocenters. The van der Waals surface area contributed by atoms with Crippen molar-refractivity contribution in [2.24, 2.45) is 10.4 Å². The molecular weight excluding hydrogens is 374 g/mol.